The molecule has 0 aliphatic carbocycles. The third kappa shape index (κ3) is 3.86. The van der Waals surface area contributed by atoms with Crippen molar-refractivity contribution in [2.45, 2.75) is 18.9 Å². The van der Waals surface area contributed by atoms with Gasteiger partial charge in [-0.25, -0.2) is 9.97 Å². The minimum absolute atomic E-state index is 0.0622. The first-order valence-electron chi connectivity index (χ1n) is 7.99. The molecule has 0 aromatic carbocycles. The van der Waals surface area contributed by atoms with Crippen molar-refractivity contribution < 1.29 is 9.53 Å². The summed E-state index contributed by atoms with van der Waals surface area (Å²) in [5, 5.41) is 0. The van der Waals surface area contributed by atoms with E-state index in [0.29, 0.717) is 24.6 Å². The van der Waals surface area contributed by atoms with E-state index in [0.717, 1.165) is 26.0 Å². The van der Waals surface area contributed by atoms with Gasteiger partial charge in [0.25, 0.3) is 5.91 Å². The molecule has 0 radical (unpaired) electrons. The van der Waals surface area contributed by atoms with E-state index in [2.05, 4.69) is 14.9 Å². The Kier molecular flexibility index (Phi) is 4.88. The summed E-state index contributed by atoms with van der Waals surface area (Å²) in [6.45, 7) is 2.88. The number of likely N-dealkylation sites (N-methyl/N-ethyl adjacent to an activating group) is 1. The third-order valence-electron chi connectivity index (χ3n) is 4.01. The Labute approximate surface area is 135 Å². The lowest BCUT2D eigenvalue weighted by Gasteiger charge is -2.26. The Hall–Kier alpha value is -1.99. The highest BCUT2D eigenvalue weighted by Crippen LogP contribution is 2.15. The van der Waals surface area contributed by atoms with Gasteiger partial charge < -0.3 is 14.5 Å². The maximum absolute atomic E-state index is 12.9. The number of rotatable bonds is 6. The van der Waals surface area contributed by atoms with Crippen LogP contribution in [0.1, 0.15) is 23.3 Å². The Morgan fingerprint density at radius 1 is 1.43 bits per heavy atom. The molecule has 0 unspecified atom stereocenters. The first-order valence-corrected chi connectivity index (χ1v) is 7.99. The lowest BCUT2D eigenvalue weighted by Crippen LogP contribution is -2.41. The number of nitrogens with zero attached hydrogens (tertiary/aromatic N) is 5. The molecule has 23 heavy (non-hydrogen) atoms. The van der Waals surface area contributed by atoms with Gasteiger partial charge in [-0.15, -0.1) is 0 Å². The van der Waals surface area contributed by atoms with Crippen molar-refractivity contribution in [1.82, 2.24) is 24.2 Å². The quantitative estimate of drug-likeness (QED) is 0.792. The summed E-state index contributed by atoms with van der Waals surface area (Å²) in [6.07, 6.45) is 7.47. The van der Waals surface area contributed by atoms with E-state index in [-0.39, 0.29) is 12.0 Å². The molecule has 2 aromatic heterocycles. The van der Waals surface area contributed by atoms with Gasteiger partial charge in [0.2, 0.25) is 5.78 Å². The molecule has 0 N–H and O–H groups in total. The van der Waals surface area contributed by atoms with E-state index in [4.69, 9.17) is 4.74 Å². The van der Waals surface area contributed by atoms with Gasteiger partial charge in [0.1, 0.15) is 5.69 Å². The zero-order valence-corrected chi connectivity index (χ0v) is 13.7. The summed E-state index contributed by atoms with van der Waals surface area (Å²) in [5.74, 6) is 0.480. The first-order chi connectivity index (χ1) is 11.1. The van der Waals surface area contributed by atoms with Crippen LogP contribution in [0.2, 0.25) is 0 Å². The number of carbonyl (C=O) groups is 1. The smallest absolute Gasteiger partial charge is 0.274 e. The molecular formula is C16H23N5O2. The van der Waals surface area contributed by atoms with Crippen LogP contribution < -0.4 is 0 Å². The Balaban J connectivity index is 1.76. The number of hydrogen-bond acceptors (Lipinski definition) is 5. The Morgan fingerprint density at radius 2 is 2.30 bits per heavy atom. The largest absolute Gasteiger partial charge is 0.376 e. The van der Waals surface area contributed by atoms with Gasteiger partial charge in [0.15, 0.2) is 0 Å². The molecule has 7 nitrogen and oxygen atoms in total. The van der Waals surface area contributed by atoms with E-state index in [1.54, 1.807) is 16.8 Å². The van der Waals surface area contributed by atoms with Crippen LogP contribution in [0, 0.1) is 0 Å². The van der Waals surface area contributed by atoms with Gasteiger partial charge in [0.05, 0.1) is 6.10 Å². The van der Waals surface area contributed by atoms with E-state index < -0.39 is 0 Å². The monoisotopic (exact) mass is 317 g/mol. The zero-order chi connectivity index (χ0) is 16.2. The zero-order valence-electron chi connectivity index (χ0n) is 13.7. The predicted molar refractivity (Wildman–Crippen MR) is 86.4 cm³/mol. The molecule has 1 fully saturated rings. The van der Waals surface area contributed by atoms with Gasteiger partial charge in [-0.05, 0) is 33.0 Å². The molecule has 1 amide bonds. The molecule has 1 aliphatic heterocycles. The molecule has 0 saturated carbocycles. The van der Waals surface area contributed by atoms with Crippen molar-refractivity contribution in [3.8, 4) is 0 Å². The number of fused-ring (bicyclic) bond motifs is 1. The highest BCUT2D eigenvalue weighted by Gasteiger charge is 2.25. The van der Waals surface area contributed by atoms with Crippen molar-refractivity contribution in [3.05, 3.63) is 30.4 Å². The minimum atomic E-state index is -0.0622. The Bertz CT molecular complexity index is 630. The van der Waals surface area contributed by atoms with Crippen LogP contribution in [0.3, 0.4) is 0 Å². The molecule has 124 valence electrons. The van der Waals surface area contributed by atoms with Gasteiger partial charge >= 0.3 is 0 Å². The molecule has 3 heterocycles. The molecule has 1 aliphatic rings. The lowest BCUT2D eigenvalue weighted by molar-refractivity contribution is 0.0508. The highest BCUT2D eigenvalue weighted by atomic mass is 16.5. The summed E-state index contributed by atoms with van der Waals surface area (Å²) in [5.41, 5.74) is 0.431. The van der Waals surface area contributed by atoms with E-state index >= 15 is 0 Å². The second kappa shape index (κ2) is 7.06. The summed E-state index contributed by atoms with van der Waals surface area (Å²) in [6, 6.07) is 1.82. The fourth-order valence-electron chi connectivity index (χ4n) is 2.73. The summed E-state index contributed by atoms with van der Waals surface area (Å²) in [4.78, 5) is 25.3. The molecule has 1 atom stereocenters. The third-order valence-corrected chi connectivity index (χ3v) is 4.01. The average Bonchev–Trinajstić information content (AvgIpc) is 3.19. The van der Waals surface area contributed by atoms with Crippen LogP contribution in [0.5, 0.6) is 0 Å². The second-order valence-electron chi connectivity index (χ2n) is 6.14. The van der Waals surface area contributed by atoms with Crippen LogP contribution in [0.25, 0.3) is 5.78 Å². The maximum atomic E-state index is 12.9. The van der Waals surface area contributed by atoms with Crippen molar-refractivity contribution in [1.29, 1.82) is 0 Å². The first kappa shape index (κ1) is 15.9. The predicted octanol–water partition coefficient (Wildman–Crippen LogP) is 0.912. The van der Waals surface area contributed by atoms with Crippen LogP contribution in [0.4, 0.5) is 0 Å². The SMILES string of the molecule is CN(C)CCN(C[C@H]1CCCO1)C(=O)c1cn2cccnc2n1. The molecule has 2 aromatic rings. The normalized spacial score (nSPS) is 18.0. The second-order valence-corrected chi connectivity index (χ2v) is 6.14. The van der Waals surface area contributed by atoms with Crippen molar-refractivity contribution >= 4 is 11.7 Å². The van der Waals surface area contributed by atoms with E-state index in [9.17, 15) is 4.79 Å². The van der Waals surface area contributed by atoms with Crippen molar-refractivity contribution in [2.24, 2.45) is 0 Å². The van der Waals surface area contributed by atoms with Gasteiger partial charge in [-0.2, -0.15) is 0 Å². The van der Waals surface area contributed by atoms with Crippen LogP contribution in [-0.2, 0) is 4.74 Å². The molecule has 1 saturated heterocycles. The van der Waals surface area contributed by atoms with Crippen LogP contribution in [0.15, 0.2) is 24.7 Å². The lowest BCUT2D eigenvalue weighted by atomic mass is 10.2. The summed E-state index contributed by atoms with van der Waals surface area (Å²) >= 11 is 0. The molecule has 7 heteroatoms. The number of aromatic nitrogens is 3. The van der Waals surface area contributed by atoms with Gasteiger partial charge in [-0.3, -0.25) is 9.20 Å². The summed E-state index contributed by atoms with van der Waals surface area (Å²) in [7, 11) is 4.01. The fraction of sp³-hybridized carbons (Fsp3) is 0.562. The maximum Gasteiger partial charge on any atom is 0.274 e. The minimum Gasteiger partial charge on any atom is -0.376 e. The molecule has 0 spiro atoms. The average molecular weight is 317 g/mol. The highest BCUT2D eigenvalue weighted by molar-refractivity contribution is 5.92. The van der Waals surface area contributed by atoms with Gasteiger partial charge in [-0.1, -0.05) is 0 Å². The van der Waals surface area contributed by atoms with Crippen molar-refractivity contribution in [3.63, 3.8) is 0 Å². The molecular weight excluding hydrogens is 294 g/mol. The number of carbonyl (C=O) groups excluding carboxylic acids is 1. The van der Waals surface area contributed by atoms with E-state index in [1.165, 1.54) is 0 Å². The standard InChI is InChI=1S/C16H23N5O2/c1-19(2)8-9-20(11-13-5-3-10-23-13)15(22)14-12-21-7-4-6-17-16(21)18-14/h4,6-7,12-13H,3,5,8-11H2,1-2H3/t13-/m1/s1. The number of amides is 1. The Morgan fingerprint density at radius 3 is 3.00 bits per heavy atom. The molecule has 0 bridgehead atoms. The number of hydrogen-bond donors (Lipinski definition) is 0. The number of imidazole rings is 1. The van der Waals surface area contributed by atoms with Crippen LogP contribution >= 0.6 is 0 Å². The van der Waals surface area contributed by atoms with Gasteiger partial charge in [0, 0.05) is 44.8 Å². The van der Waals surface area contributed by atoms with Crippen LogP contribution in [-0.4, -0.2) is 76.5 Å². The topological polar surface area (TPSA) is 63.0 Å². The molecule has 3 rings (SSSR count). The van der Waals surface area contributed by atoms with E-state index in [1.807, 2.05) is 31.3 Å². The fourth-order valence-corrected chi connectivity index (χ4v) is 2.73. The number of ether oxygens (including phenoxy) is 1. The summed E-state index contributed by atoms with van der Waals surface area (Å²) < 4.78 is 7.46. The van der Waals surface area contributed by atoms with Crippen molar-refractivity contribution in [2.75, 3.05) is 40.3 Å².